The fourth-order valence-corrected chi connectivity index (χ4v) is 5.65. The second kappa shape index (κ2) is 10.6. The molecule has 37 heavy (non-hydrogen) atoms. The summed E-state index contributed by atoms with van der Waals surface area (Å²) >= 11 is 8.46. The van der Waals surface area contributed by atoms with Crippen LogP contribution in [0.3, 0.4) is 0 Å². The van der Waals surface area contributed by atoms with E-state index in [1.807, 2.05) is 42.5 Å². The molecule has 0 atom stereocenters. The van der Waals surface area contributed by atoms with Gasteiger partial charge in [0.1, 0.15) is 0 Å². The van der Waals surface area contributed by atoms with Crippen LogP contribution in [-0.2, 0) is 5.75 Å². The molecule has 2 heterocycles. The standard InChI is InChI=1S/C26H17ClN4O4S2/c27-16-6-9-19(10-7-16)36-14-17-12-22(32)30-26(28-17)37-24-23(15-4-2-1-3-5-15)20-13-18(31(34)35)8-11-21(20)29-25(24)33/h1-13H,14H2,(H,29,33)(H,28,30,32). The molecule has 0 saturated carbocycles. The molecule has 5 rings (SSSR count). The molecule has 3 aromatic carbocycles. The Kier molecular flexibility index (Phi) is 7.13. The highest BCUT2D eigenvalue weighted by molar-refractivity contribution is 7.99. The fraction of sp³-hybridized carbons (Fsp3) is 0.0385. The van der Waals surface area contributed by atoms with Crippen molar-refractivity contribution < 1.29 is 4.92 Å². The highest BCUT2D eigenvalue weighted by atomic mass is 35.5. The molecular weight excluding hydrogens is 532 g/mol. The Balaban J connectivity index is 1.58. The predicted molar refractivity (Wildman–Crippen MR) is 147 cm³/mol. The monoisotopic (exact) mass is 548 g/mol. The number of nitrogens with zero attached hydrogens (tertiary/aromatic N) is 2. The van der Waals surface area contributed by atoms with E-state index in [2.05, 4.69) is 15.0 Å². The van der Waals surface area contributed by atoms with Crippen LogP contribution >= 0.6 is 35.1 Å². The number of aromatic amines is 2. The first kappa shape index (κ1) is 24.8. The van der Waals surface area contributed by atoms with Gasteiger partial charge in [0.05, 0.1) is 15.5 Å². The molecule has 2 N–H and O–H groups in total. The van der Waals surface area contributed by atoms with Crippen molar-refractivity contribution in [1.82, 2.24) is 15.0 Å². The summed E-state index contributed by atoms with van der Waals surface area (Å²) in [6.45, 7) is 0. The number of hydrogen-bond acceptors (Lipinski definition) is 7. The summed E-state index contributed by atoms with van der Waals surface area (Å²) in [5.41, 5.74) is 1.40. The van der Waals surface area contributed by atoms with E-state index in [4.69, 9.17) is 11.6 Å². The maximum atomic E-state index is 13.2. The van der Waals surface area contributed by atoms with Crippen molar-refractivity contribution in [3.8, 4) is 11.1 Å². The van der Waals surface area contributed by atoms with Crippen molar-refractivity contribution >= 4 is 51.7 Å². The van der Waals surface area contributed by atoms with Crippen LogP contribution in [-0.4, -0.2) is 19.9 Å². The molecule has 2 aromatic heterocycles. The van der Waals surface area contributed by atoms with E-state index in [-0.39, 0.29) is 21.3 Å². The molecule has 0 bridgehead atoms. The molecule has 0 amide bonds. The molecule has 184 valence electrons. The predicted octanol–water partition coefficient (Wildman–Crippen LogP) is 6.28. The first-order valence-electron chi connectivity index (χ1n) is 10.9. The summed E-state index contributed by atoms with van der Waals surface area (Å²) in [6, 6.07) is 22.2. The summed E-state index contributed by atoms with van der Waals surface area (Å²) in [5, 5.41) is 12.9. The zero-order chi connectivity index (χ0) is 25.9. The zero-order valence-electron chi connectivity index (χ0n) is 18.9. The van der Waals surface area contributed by atoms with Crippen LogP contribution < -0.4 is 11.1 Å². The topological polar surface area (TPSA) is 122 Å². The highest BCUT2D eigenvalue weighted by Crippen LogP contribution is 2.38. The van der Waals surface area contributed by atoms with Gasteiger partial charge in [-0.1, -0.05) is 41.9 Å². The van der Waals surface area contributed by atoms with E-state index in [9.17, 15) is 19.7 Å². The van der Waals surface area contributed by atoms with Crippen LogP contribution in [0.15, 0.2) is 103 Å². The normalized spacial score (nSPS) is 11.1. The van der Waals surface area contributed by atoms with Crippen molar-refractivity contribution in [3.63, 3.8) is 0 Å². The van der Waals surface area contributed by atoms with Crippen LogP contribution in [0.2, 0.25) is 5.02 Å². The minimum atomic E-state index is -0.479. The largest absolute Gasteiger partial charge is 0.321 e. The molecule has 0 radical (unpaired) electrons. The second-order valence-electron chi connectivity index (χ2n) is 7.90. The Morgan fingerprint density at radius 1 is 0.946 bits per heavy atom. The molecular formula is C26H17ClN4O4S2. The van der Waals surface area contributed by atoms with Gasteiger partial charge in [-0.2, -0.15) is 0 Å². The smallest absolute Gasteiger partial charge is 0.270 e. The quantitative estimate of drug-likeness (QED) is 0.106. The first-order chi connectivity index (χ1) is 17.9. The Morgan fingerprint density at radius 2 is 1.70 bits per heavy atom. The van der Waals surface area contributed by atoms with E-state index in [1.165, 1.54) is 36.0 Å². The summed E-state index contributed by atoms with van der Waals surface area (Å²) in [7, 11) is 0. The van der Waals surface area contributed by atoms with Gasteiger partial charge < -0.3 is 9.97 Å². The molecule has 0 spiro atoms. The number of hydrogen-bond donors (Lipinski definition) is 2. The number of nitrogens with one attached hydrogen (secondary N) is 2. The number of aromatic nitrogens is 3. The number of fused-ring (bicyclic) bond motifs is 1. The number of non-ortho nitro benzene ring substituents is 1. The Bertz CT molecular complexity index is 1740. The zero-order valence-corrected chi connectivity index (χ0v) is 21.3. The molecule has 0 aliphatic heterocycles. The van der Waals surface area contributed by atoms with Gasteiger partial charge in [0, 0.05) is 50.3 Å². The van der Waals surface area contributed by atoms with Gasteiger partial charge in [-0.05, 0) is 47.7 Å². The van der Waals surface area contributed by atoms with E-state index < -0.39 is 10.5 Å². The van der Waals surface area contributed by atoms with Gasteiger partial charge in [-0.25, -0.2) is 4.98 Å². The fourth-order valence-electron chi connectivity index (χ4n) is 3.76. The average Bonchev–Trinajstić information content (AvgIpc) is 2.89. The molecule has 0 saturated heterocycles. The average molecular weight is 549 g/mol. The van der Waals surface area contributed by atoms with E-state index in [0.29, 0.717) is 38.5 Å². The maximum absolute atomic E-state index is 13.2. The Labute approximate surface area is 223 Å². The minimum Gasteiger partial charge on any atom is -0.321 e. The van der Waals surface area contributed by atoms with Gasteiger partial charge in [0.25, 0.3) is 16.8 Å². The van der Waals surface area contributed by atoms with Crippen molar-refractivity contribution in [2.24, 2.45) is 0 Å². The third-order valence-electron chi connectivity index (χ3n) is 5.40. The molecule has 0 fully saturated rings. The van der Waals surface area contributed by atoms with Gasteiger partial charge in [-0.15, -0.1) is 11.8 Å². The third kappa shape index (κ3) is 5.61. The van der Waals surface area contributed by atoms with Crippen LogP contribution in [0.4, 0.5) is 5.69 Å². The van der Waals surface area contributed by atoms with Crippen molar-refractivity contribution in [3.05, 3.63) is 120 Å². The number of nitro benzene ring substituents is 1. The van der Waals surface area contributed by atoms with Crippen molar-refractivity contribution in [2.75, 3.05) is 0 Å². The first-order valence-corrected chi connectivity index (χ1v) is 13.1. The lowest BCUT2D eigenvalue weighted by molar-refractivity contribution is -0.384. The van der Waals surface area contributed by atoms with E-state index in [0.717, 1.165) is 16.7 Å². The number of thioether (sulfide) groups is 1. The molecule has 0 aliphatic carbocycles. The lowest BCUT2D eigenvalue weighted by Crippen LogP contribution is -2.13. The summed E-state index contributed by atoms with van der Waals surface area (Å²) in [5.74, 6) is 0.435. The van der Waals surface area contributed by atoms with Crippen LogP contribution in [0.1, 0.15) is 5.69 Å². The van der Waals surface area contributed by atoms with Crippen LogP contribution in [0.25, 0.3) is 22.0 Å². The van der Waals surface area contributed by atoms with Crippen LogP contribution in [0, 0.1) is 10.1 Å². The summed E-state index contributed by atoms with van der Waals surface area (Å²) < 4.78 is 0. The Hall–Kier alpha value is -3.86. The lowest BCUT2D eigenvalue weighted by Gasteiger charge is -2.12. The molecule has 0 aliphatic rings. The van der Waals surface area contributed by atoms with Crippen LogP contribution in [0.5, 0.6) is 0 Å². The van der Waals surface area contributed by atoms with Gasteiger partial charge in [0.2, 0.25) is 0 Å². The molecule has 0 unspecified atom stereocenters. The van der Waals surface area contributed by atoms with Gasteiger partial charge in [-0.3, -0.25) is 19.7 Å². The van der Waals surface area contributed by atoms with Gasteiger partial charge >= 0.3 is 0 Å². The molecule has 8 nitrogen and oxygen atoms in total. The van der Waals surface area contributed by atoms with E-state index in [1.54, 1.807) is 12.1 Å². The molecule has 11 heteroatoms. The number of pyridine rings is 1. The van der Waals surface area contributed by atoms with Crippen molar-refractivity contribution in [1.29, 1.82) is 0 Å². The number of halogens is 1. The number of nitro groups is 1. The summed E-state index contributed by atoms with van der Waals surface area (Å²) in [6.07, 6.45) is 0. The highest BCUT2D eigenvalue weighted by Gasteiger charge is 2.19. The molecule has 5 aromatic rings. The third-order valence-corrected chi connectivity index (χ3v) is 7.68. The number of H-pyrrole nitrogens is 2. The Morgan fingerprint density at radius 3 is 2.43 bits per heavy atom. The SMILES string of the molecule is O=c1cc(CSc2ccc(Cl)cc2)nc(Sc2c(-c3ccccc3)c3cc([N+](=O)[O-])ccc3[nH]c2=O)[nH]1. The summed E-state index contributed by atoms with van der Waals surface area (Å²) in [4.78, 5) is 47.9. The minimum absolute atomic E-state index is 0.0968. The second-order valence-corrected chi connectivity index (χ2v) is 10.4. The number of benzene rings is 3. The van der Waals surface area contributed by atoms with E-state index >= 15 is 0 Å². The van der Waals surface area contributed by atoms with Gasteiger partial charge in [0.15, 0.2) is 5.16 Å². The lowest BCUT2D eigenvalue weighted by atomic mass is 10.0. The van der Waals surface area contributed by atoms with Crippen molar-refractivity contribution in [2.45, 2.75) is 20.7 Å². The maximum Gasteiger partial charge on any atom is 0.270 e. The number of rotatable bonds is 7.